The van der Waals surface area contributed by atoms with Crippen LogP contribution >= 0.6 is 0 Å². The molecule has 0 fully saturated rings. The third kappa shape index (κ3) is 3.16. The summed E-state index contributed by atoms with van der Waals surface area (Å²) < 4.78 is 30.7. The minimum atomic E-state index is -4.01. The Balaban J connectivity index is 2.09. The van der Waals surface area contributed by atoms with E-state index in [2.05, 4.69) is 8.80 Å². The van der Waals surface area contributed by atoms with Gasteiger partial charge in [0.25, 0.3) is 0 Å². The quantitative estimate of drug-likeness (QED) is 0.875. The Morgan fingerprint density at radius 1 is 0.750 bits per heavy atom. The molecule has 3 rings (SSSR count). The number of benzene rings is 2. The first kappa shape index (κ1) is 16.2. The van der Waals surface area contributed by atoms with E-state index in [0.717, 1.165) is 11.1 Å². The Bertz CT molecular complexity index is 821. The van der Waals surface area contributed by atoms with E-state index in [1.54, 1.807) is 0 Å². The summed E-state index contributed by atoms with van der Waals surface area (Å²) in [6, 6.07) is 19.2. The Kier molecular flexibility index (Phi) is 4.11. The Hall–Kier alpha value is -2.67. The normalized spacial score (nSPS) is 18.5. The number of rotatable bonds is 4. The molecule has 0 saturated heterocycles. The molecule has 1 heterocycles. The largest absolute Gasteiger partial charge is 0.386 e. The van der Waals surface area contributed by atoms with Crippen LogP contribution in [0.25, 0.3) is 0 Å². The summed E-state index contributed by atoms with van der Waals surface area (Å²) in [5, 5.41) is 0. The molecule has 0 aromatic heterocycles. The van der Waals surface area contributed by atoms with E-state index in [1.807, 2.05) is 60.7 Å². The summed E-state index contributed by atoms with van der Waals surface area (Å²) in [5.41, 5.74) is 13.2. The molecule has 7 heteroatoms. The van der Waals surface area contributed by atoms with Gasteiger partial charge in [-0.25, -0.2) is 0 Å². The molecule has 0 unspecified atom stereocenters. The molecule has 1 aliphatic rings. The van der Waals surface area contributed by atoms with Crippen molar-refractivity contribution in [3.63, 3.8) is 0 Å². The molecule has 2 aromatic rings. The van der Waals surface area contributed by atoms with Crippen molar-refractivity contribution in [2.45, 2.75) is 12.8 Å². The highest BCUT2D eigenvalue weighted by atomic mass is 32.2. The maximum absolute atomic E-state index is 11.7. The van der Waals surface area contributed by atoms with E-state index < -0.39 is 15.6 Å². The van der Waals surface area contributed by atoms with Gasteiger partial charge in [-0.2, -0.15) is 8.42 Å². The fourth-order valence-corrected chi connectivity index (χ4v) is 3.78. The molecular weight excluding hydrogens is 324 g/mol. The first-order chi connectivity index (χ1) is 11.4. The summed E-state index contributed by atoms with van der Waals surface area (Å²) in [4.78, 5) is 0. The Morgan fingerprint density at radius 3 is 1.50 bits per heavy atom. The lowest BCUT2D eigenvalue weighted by atomic mass is 9.74. The number of nitrogens with zero attached hydrogens (tertiary/aromatic N) is 2. The Morgan fingerprint density at radius 2 is 1.12 bits per heavy atom. The zero-order valence-electron chi connectivity index (χ0n) is 13.0. The topological polar surface area (TPSA) is 111 Å². The predicted molar refractivity (Wildman–Crippen MR) is 94.9 cm³/mol. The second-order valence-corrected chi connectivity index (χ2v) is 7.07. The summed E-state index contributed by atoms with van der Waals surface area (Å²) in [6.45, 7) is 0. The van der Waals surface area contributed by atoms with Crippen molar-refractivity contribution < 1.29 is 8.42 Å². The summed E-state index contributed by atoms with van der Waals surface area (Å²) in [6.07, 6.45) is 0.839. The Labute approximate surface area is 141 Å². The van der Waals surface area contributed by atoms with Crippen LogP contribution in [0.5, 0.6) is 0 Å². The number of hydrogen-bond donors (Lipinski definition) is 2. The summed E-state index contributed by atoms with van der Waals surface area (Å²) in [7, 11) is -4.01. The van der Waals surface area contributed by atoms with Crippen LogP contribution in [0.15, 0.2) is 69.5 Å². The fraction of sp³-hybridized carbons (Fsp3) is 0.176. The van der Waals surface area contributed by atoms with Crippen molar-refractivity contribution in [1.29, 1.82) is 0 Å². The third-order valence-electron chi connectivity index (χ3n) is 4.11. The monoisotopic (exact) mass is 342 g/mol. The van der Waals surface area contributed by atoms with E-state index in [9.17, 15) is 8.42 Å². The first-order valence-corrected chi connectivity index (χ1v) is 8.86. The molecule has 0 radical (unpaired) electrons. The van der Waals surface area contributed by atoms with Crippen molar-refractivity contribution in [3.05, 3.63) is 71.8 Å². The predicted octanol–water partition coefficient (Wildman–Crippen LogP) is 1.43. The van der Waals surface area contributed by atoms with Crippen molar-refractivity contribution in [1.82, 2.24) is 0 Å². The maximum Gasteiger partial charge on any atom is 0.366 e. The van der Waals surface area contributed by atoms with Gasteiger partial charge in [0.1, 0.15) is 11.7 Å². The van der Waals surface area contributed by atoms with E-state index in [0.29, 0.717) is 12.8 Å². The molecule has 1 aliphatic heterocycles. The number of hydrogen-bond acceptors (Lipinski definition) is 4. The molecule has 0 saturated carbocycles. The summed E-state index contributed by atoms with van der Waals surface area (Å²) >= 11 is 0. The van der Waals surface area contributed by atoms with Gasteiger partial charge in [-0.15, -0.1) is 8.80 Å². The first-order valence-electron chi connectivity index (χ1n) is 7.46. The van der Waals surface area contributed by atoms with Crippen LogP contribution in [0.2, 0.25) is 0 Å². The molecule has 0 bridgehead atoms. The van der Waals surface area contributed by atoms with Crippen LogP contribution < -0.4 is 11.5 Å². The van der Waals surface area contributed by atoms with Gasteiger partial charge < -0.3 is 11.5 Å². The molecule has 0 aliphatic carbocycles. The lowest BCUT2D eigenvalue weighted by Crippen LogP contribution is -2.53. The van der Waals surface area contributed by atoms with Crippen molar-refractivity contribution in [2.75, 3.05) is 0 Å². The molecule has 0 atom stereocenters. The minimum absolute atomic E-state index is 0.0253. The smallest absolute Gasteiger partial charge is 0.366 e. The molecule has 0 amide bonds. The number of amidine groups is 2. The van der Waals surface area contributed by atoms with Gasteiger partial charge in [0, 0.05) is 0 Å². The van der Waals surface area contributed by atoms with Gasteiger partial charge in [0.05, 0.1) is 5.41 Å². The zero-order chi connectivity index (χ0) is 17.2. The van der Waals surface area contributed by atoms with Gasteiger partial charge in [-0.3, -0.25) is 0 Å². The second-order valence-electron chi connectivity index (χ2n) is 5.81. The van der Waals surface area contributed by atoms with E-state index in [-0.39, 0.29) is 11.7 Å². The SMILES string of the molecule is NC1=NS(=O)(=O)N=C(N)C1(Cc1ccccc1)Cc1ccccc1. The zero-order valence-corrected chi connectivity index (χ0v) is 13.8. The second kappa shape index (κ2) is 6.09. The minimum Gasteiger partial charge on any atom is -0.386 e. The molecule has 0 spiro atoms. The molecule has 124 valence electrons. The van der Waals surface area contributed by atoms with Crippen molar-refractivity contribution in [3.8, 4) is 0 Å². The molecule has 24 heavy (non-hydrogen) atoms. The van der Waals surface area contributed by atoms with E-state index in [4.69, 9.17) is 11.5 Å². The van der Waals surface area contributed by atoms with E-state index in [1.165, 1.54) is 0 Å². The maximum atomic E-state index is 11.7. The summed E-state index contributed by atoms with van der Waals surface area (Å²) in [5.74, 6) is -0.0505. The number of nitrogens with two attached hydrogens (primary N) is 2. The van der Waals surface area contributed by atoms with Crippen LogP contribution in [0.4, 0.5) is 0 Å². The molecule has 4 N–H and O–H groups in total. The fourth-order valence-electron chi connectivity index (χ4n) is 2.89. The van der Waals surface area contributed by atoms with Gasteiger partial charge in [-0.05, 0) is 24.0 Å². The molecule has 6 nitrogen and oxygen atoms in total. The molecule has 2 aromatic carbocycles. The van der Waals surface area contributed by atoms with Crippen LogP contribution in [-0.4, -0.2) is 20.1 Å². The highest BCUT2D eigenvalue weighted by Gasteiger charge is 2.43. The van der Waals surface area contributed by atoms with Crippen molar-refractivity contribution in [2.24, 2.45) is 25.7 Å². The van der Waals surface area contributed by atoms with Crippen LogP contribution in [-0.2, 0) is 23.1 Å². The average Bonchev–Trinajstić information content (AvgIpc) is 2.54. The third-order valence-corrected chi connectivity index (χ3v) is 4.96. The van der Waals surface area contributed by atoms with E-state index >= 15 is 0 Å². The van der Waals surface area contributed by atoms with Crippen LogP contribution in [0, 0.1) is 5.41 Å². The molecular formula is C17H18N4O2S. The van der Waals surface area contributed by atoms with Gasteiger partial charge >= 0.3 is 10.2 Å². The average molecular weight is 342 g/mol. The van der Waals surface area contributed by atoms with Crippen LogP contribution in [0.3, 0.4) is 0 Å². The van der Waals surface area contributed by atoms with Crippen molar-refractivity contribution >= 4 is 21.9 Å². The van der Waals surface area contributed by atoms with Gasteiger partial charge in [0.2, 0.25) is 0 Å². The van der Waals surface area contributed by atoms with Gasteiger partial charge in [-0.1, -0.05) is 60.7 Å². The van der Waals surface area contributed by atoms with Crippen LogP contribution in [0.1, 0.15) is 11.1 Å². The standard InChI is InChI=1S/C17H18N4O2S/c18-15-17(11-13-7-3-1-4-8-13,12-14-9-5-2-6-10-14)16(19)21-24(22,23)20-15/h1-10H,11-12H2,(H2,18,20)(H2,19,21). The lowest BCUT2D eigenvalue weighted by molar-refractivity contribution is 0.546. The highest BCUT2D eigenvalue weighted by molar-refractivity contribution is 7.89. The van der Waals surface area contributed by atoms with Gasteiger partial charge in [0.15, 0.2) is 0 Å². The lowest BCUT2D eigenvalue weighted by Gasteiger charge is -2.34. The highest BCUT2D eigenvalue weighted by Crippen LogP contribution is 2.32.